The minimum absolute atomic E-state index is 0.00586. The predicted octanol–water partition coefficient (Wildman–Crippen LogP) is 2.51. The van der Waals surface area contributed by atoms with E-state index in [1.807, 2.05) is 0 Å². The topological polar surface area (TPSA) is 84.9 Å². The van der Waals surface area contributed by atoms with Gasteiger partial charge < -0.3 is 10.1 Å². The first-order valence-electron chi connectivity index (χ1n) is 7.98. The molecule has 0 bridgehead atoms. The highest BCUT2D eigenvalue weighted by Crippen LogP contribution is 2.22. The van der Waals surface area contributed by atoms with Crippen LogP contribution < -0.4 is 10.1 Å². The molecule has 0 aliphatic heterocycles. The molecule has 0 aromatic heterocycles. The molecule has 0 heterocycles. The molecule has 0 saturated carbocycles. The van der Waals surface area contributed by atoms with Crippen LogP contribution in [0, 0.1) is 5.82 Å². The van der Waals surface area contributed by atoms with Crippen LogP contribution in [0.2, 0.25) is 0 Å². The zero-order valence-electron chi connectivity index (χ0n) is 15.4. The third-order valence-corrected chi connectivity index (χ3v) is 5.73. The van der Waals surface area contributed by atoms with E-state index in [1.54, 1.807) is 13.0 Å². The van der Waals surface area contributed by atoms with E-state index in [1.165, 1.54) is 57.7 Å². The molecule has 0 spiro atoms. The number of nitrogens with one attached hydrogen (secondary N) is 1. The number of rotatable bonds is 7. The monoisotopic (exact) mass is 396 g/mol. The molecule has 2 aromatic rings. The molecule has 0 unspecified atom stereocenters. The van der Waals surface area contributed by atoms with Crippen LogP contribution in [0.5, 0.6) is 5.75 Å². The molecule has 1 atom stereocenters. The molecule has 1 N–H and O–H groups in total. The molecular weight excluding hydrogens is 375 g/mol. The van der Waals surface area contributed by atoms with E-state index in [9.17, 15) is 17.6 Å². The van der Waals surface area contributed by atoms with Crippen molar-refractivity contribution in [3.05, 3.63) is 59.4 Å². The number of hydroxylamine groups is 1. The lowest BCUT2D eigenvalue weighted by Gasteiger charge is -2.16. The highest BCUT2D eigenvalue weighted by molar-refractivity contribution is 7.89. The molecule has 2 aromatic carbocycles. The van der Waals surface area contributed by atoms with Crippen molar-refractivity contribution in [2.45, 2.75) is 17.9 Å². The molecule has 2 rings (SSSR count). The van der Waals surface area contributed by atoms with E-state index in [0.717, 1.165) is 4.47 Å². The van der Waals surface area contributed by atoms with Crippen LogP contribution in [0.3, 0.4) is 0 Å². The molecule has 27 heavy (non-hydrogen) atoms. The maximum Gasteiger partial charge on any atom is 0.264 e. The highest BCUT2D eigenvalue weighted by Gasteiger charge is 2.21. The van der Waals surface area contributed by atoms with Crippen LogP contribution in [0.1, 0.15) is 28.9 Å². The number of benzene rings is 2. The third kappa shape index (κ3) is 4.62. The number of hydrogen-bond donors (Lipinski definition) is 1. The molecule has 1 amide bonds. The van der Waals surface area contributed by atoms with E-state index in [0.29, 0.717) is 5.56 Å². The summed E-state index contributed by atoms with van der Waals surface area (Å²) in [7, 11) is 0.0978. The fraction of sp³-hybridized carbons (Fsp3) is 0.278. The summed E-state index contributed by atoms with van der Waals surface area (Å²) in [6.07, 6.45) is 0. The Morgan fingerprint density at radius 2 is 1.78 bits per heavy atom. The van der Waals surface area contributed by atoms with Gasteiger partial charge >= 0.3 is 0 Å². The Kier molecular flexibility index (Phi) is 6.53. The second kappa shape index (κ2) is 8.47. The van der Waals surface area contributed by atoms with Crippen molar-refractivity contribution in [3.63, 3.8) is 0 Å². The molecule has 0 aliphatic rings. The van der Waals surface area contributed by atoms with E-state index in [2.05, 4.69) is 5.32 Å². The first-order valence-corrected chi connectivity index (χ1v) is 9.42. The van der Waals surface area contributed by atoms with Crippen LogP contribution in [-0.2, 0) is 14.9 Å². The molecule has 0 saturated heterocycles. The number of halogens is 1. The van der Waals surface area contributed by atoms with Crippen molar-refractivity contribution in [2.24, 2.45) is 0 Å². The maximum absolute atomic E-state index is 13.8. The van der Waals surface area contributed by atoms with Crippen molar-refractivity contribution < 1.29 is 27.2 Å². The SMILES string of the molecule is COc1ccc([C@H](C)NC(=O)c2ccc(S(=O)(=O)N(C)OC)cc2)cc1F. The predicted molar refractivity (Wildman–Crippen MR) is 97.2 cm³/mol. The summed E-state index contributed by atoms with van der Waals surface area (Å²) in [6, 6.07) is 9.40. The van der Waals surface area contributed by atoms with Crippen molar-refractivity contribution in [1.29, 1.82) is 0 Å². The second-order valence-corrected chi connectivity index (χ2v) is 7.65. The zero-order chi connectivity index (χ0) is 20.2. The lowest BCUT2D eigenvalue weighted by molar-refractivity contribution is -0.0258. The van der Waals surface area contributed by atoms with Gasteiger partial charge in [0.15, 0.2) is 11.6 Å². The number of ether oxygens (including phenoxy) is 1. The molecular formula is C18H21FN2O5S. The fourth-order valence-corrected chi connectivity index (χ4v) is 3.31. The Labute approximate surface area is 157 Å². The van der Waals surface area contributed by atoms with E-state index < -0.39 is 27.8 Å². The highest BCUT2D eigenvalue weighted by atomic mass is 32.2. The van der Waals surface area contributed by atoms with Gasteiger partial charge in [-0.3, -0.25) is 9.63 Å². The molecule has 9 heteroatoms. The fourth-order valence-electron chi connectivity index (χ4n) is 2.34. The average Bonchev–Trinajstić information content (AvgIpc) is 2.67. The summed E-state index contributed by atoms with van der Waals surface area (Å²) >= 11 is 0. The number of carbonyl (C=O) groups excluding carboxylic acids is 1. The summed E-state index contributed by atoms with van der Waals surface area (Å²) in [5.74, 6) is -0.814. The van der Waals surface area contributed by atoms with Gasteiger partial charge in [-0.25, -0.2) is 12.8 Å². The number of carbonyl (C=O) groups is 1. The van der Waals surface area contributed by atoms with Gasteiger partial charge in [-0.2, -0.15) is 0 Å². The number of nitrogens with zero attached hydrogens (tertiary/aromatic N) is 1. The number of methoxy groups -OCH3 is 1. The smallest absolute Gasteiger partial charge is 0.264 e. The van der Waals surface area contributed by atoms with Crippen LogP contribution in [-0.4, -0.2) is 40.1 Å². The second-order valence-electron chi connectivity index (χ2n) is 5.71. The minimum Gasteiger partial charge on any atom is -0.494 e. The van der Waals surface area contributed by atoms with Gasteiger partial charge in [-0.15, -0.1) is 0 Å². The Balaban J connectivity index is 2.13. The number of amides is 1. The van der Waals surface area contributed by atoms with Crippen molar-refractivity contribution >= 4 is 15.9 Å². The third-order valence-electron chi connectivity index (χ3n) is 4.03. The van der Waals surface area contributed by atoms with Crippen LogP contribution in [0.15, 0.2) is 47.4 Å². The van der Waals surface area contributed by atoms with Crippen molar-refractivity contribution in [3.8, 4) is 5.75 Å². The summed E-state index contributed by atoms with van der Waals surface area (Å²) in [5.41, 5.74) is 0.845. The lowest BCUT2D eigenvalue weighted by Crippen LogP contribution is -2.27. The minimum atomic E-state index is -3.78. The normalized spacial score (nSPS) is 12.7. The van der Waals surface area contributed by atoms with Gasteiger partial charge in [0.25, 0.3) is 15.9 Å². The summed E-state index contributed by atoms with van der Waals surface area (Å²) in [5, 5.41) is 2.74. The van der Waals surface area contributed by atoms with Crippen LogP contribution in [0.4, 0.5) is 4.39 Å². The molecule has 146 valence electrons. The molecule has 0 fully saturated rings. The Bertz CT molecular complexity index is 916. The van der Waals surface area contributed by atoms with Gasteiger partial charge in [0.1, 0.15) is 0 Å². The summed E-state index contributed by atoms with van der Waals surface area (Å²) < 4.78 is 43.7. The molecule has 0 aliphatic carbocycles. The van der Waals surface area contributed by atoms with Crippen LogP contribution in [0.25, 0.3) is 0 Å². The Hall–Kier alpha value is -2.49. The van der Waals surface area contributed by atoms with Crippen molar-refractivity contribution in [1.82, 2.24) is 9.79 Å². The summed E-state index contributed by atoms with van der Waals surface area (Å²) in [4.78, 5) is 17.1. The first-order chi connectivity index (χ1) is 12.7. The largest absolute Gasteiger partial charge is 0.494 e. The molecule has 0 radical (unpaired) electrons. The average molecular weight is 396 g/mol. The van der Waals surface area contributed by atoms with E-state index in [4.69, 9.17) is 9.57 Å². The van der Waals surface area contributed by atoms with E-state index in [-0.39, 0.29) is 16.2 Å². The first kappa shape index (κ1) is 20.8. The van der Waals surface area contributed by atoms with Gasteiger partial charge in [-0.1, -0.05) is 10.5 Å². The van der Waals surface area contributed by atoms with E-state index >= 15 is 0 Å². The quantitative estimate of drug-likeness (QED) is 0.727. The zero-order valence-corrected chi connectivity index (χ0v) is 16.2. The van der Waals surface area contributed by atoms with Crippen LogP contribution >= 0.6 is 0 Å². The summed E-state index contributed by atoms with van der Waals surface area (Å²) in [6.45, 7) is 1.71. The Morgan fingerprint density at radius 3 is 2.30 bits per heavy atom. The Morgan fingerprint density at radius 1 is 1.15 bits per heavy atom. The maximum atomic E-state index is 13.8. The van der Waals surface area contributed by atoms with Gasteiger partial charge in [0, 0.05) is 12.6 Å². The van der Waals surface area contributed by atoms with Gasteiger partial charge in [-0.05, 0) is 48.9 Å². The number of hydrogen-bond acceptors (Lipinski definition) is 5. The van der Waals surface area contributed by atoms with Crippen molar-refractivity contribution in [2.75, 3.05) is 21.3 Å². The van der Waals surface area contributed by atoms with Gasteiger partial charge in [0.05, 0.1) is 25.2 Å². The van der Waals surface area contributed by atoms with Gasteiger partial charge in [0.2, 0.25) is 0 Å². The lowest BCUT2D eigenvalue weighted by atomic mass is 10.1. The molecule has 7 nitrogen and oxygen atoms in total. The standard InChI is InChI=1S/C18H21FN2O5S/c1-12(14-7-10-17(25-3)16(19)11-14)20-18(22)13-5-8-15(9-6-13)27(23,24)21(2)26-4/h5-12H,1-4H3,(H,20,22)/t12-/m0/s1. The number of sulfonamides is 1.